The molecule has 0 atom stereocenters. The summed E-state index contributed by atoms with van der Waals surface area (Å²) in [5, 5.41) is 13.5. The second-order valence-corrected chi connectivity index (χ2v) is 3.35. The van der Waals surface area contributed by atoms with Crippen molar-refractivity contribution in [1.29, 1.82) is 0 Å². The van der Waals surface area contributed by atoms with Gasteiger partial charge in [-0.1, -0.05) is 0 Å². The van der Waals surface area contributed by atoms with Gasteiger partial charge in [-0.05, 0) is 0 Å². The Labute approximate surface area is 75.5 Å². The molecule has 1 N–H and O–H groups in total. The van der Waals surface area contributed by atoms with E-state index in [1.807, 2.05) is 4.57 Å². The van der Waals surface area contributed by atoms with Crippen LogP contribution in [0, 0.1) is 16.0 Å². The van der Waals surface area contributed by atoms with E-state index in [2.05, 4.69) is 5.32 Å². The molecule has 2 rings (SSSR count). The van der Waals surface area contributed by atoms with Gasteiger partial charge in [-0.15, -0.1) is 0 Å². The predicted molar refractivity (Wildman–Crippen MR) is 47.4 cm³/mol. The molecule has 0 saturated carbocycles. The van der Waals surface area contributed by atoms with Crippen LogP contribution in [0.5, 0.6) is 0 Å². The van der Waals surface area contributed by atoms with Crippen LogP contribution in [0.3, 0.4) is 0 Å². The van der Waals surface area contributed by atoms with Crippen molar-refractivity contribution in [1.82, 2.24) is 9.88 Å². The van der Waals surface area contributed by atoms with E-state index in [9.17, 15) is 10.1 Å². The van der Waals surface area contributed by atoms with Gasteiger partial charge in [0.2, 0.25) is 0 Å². The zero-order valence-corrected chi connectivity index (χ0v) is 7.14. The molecule has 0 bridgehead atoms. The first-order valence-corrected chi connectivity index (χ1v) is 4.26. The fourth-order valence-electron chi connectivity index (χ4n) is 1.43. The molecule has 1 aromatic rings. The third kappa shape index (κ3) is 1.70. The molecule has 0 unspecified atom stereocenters. The average molecular weight is 181 g/mol. The summed E-state index contributed by atoms with van der Waals surface area (Å²) in [4.78, 5) is 10.00. The molecule has 0 spiro atoms. The van der Waals surface area contributed by atoms with Gasteiger partial charge in [0.15, 0.2) is 0 Å². The predicted octanol–water partition coefficient (Wildman–Crippen LogP) is 0.616. The zero-order chi connectivity index (χ0) is 9.26. The lowest BCUT2D eigenvalue weighted by Crippen LogP contribution is -2.43. The maximum atomic E-state index is 10.4. The normalized spacial score (nSPS) is 16.9. The van der Waals surface area contributed by atoms with Gasteiger partial charge >= 0.3 is 0 Å². The van der Waals surface area contributed by atoms with Crippen molar-refractivity contribution in [2.24, 2.45) is 5.92 Å². The Morgan fingerprint density at radius 2 is 2.46 bits per heavy atom. The monoisotopic (exact) mass is 181 g/mol. The van der Waals surface area contributed by atoms with Gasteiger partial charge in [0, 0.05) is 37.8 Å². The number of nitrogens with one attached hydrogen (secondary N) is 1. The van der Waals surface area contributed by atoms with Gasteiger partial charge in [0.05, 0.1) is 11.1 Å². The zero-order valence-electron chi connectivity index (χ0n) is 7.14. The Balaban J connectivity index is 2.00. The van der Waals surface area contributed by atoms with Crippen LogP contribution in [-0.2, 0) is 6.54 Å². The van der Waals surface area contributed by atoms with E-state index in [4.69, 9.17) is 0 Å². The number of aromatic nitrogens is 1. The van der Waals surface area contributed by atoms with Gasteiger partial charge in [0.1, 0.15) is 0 Å². The molecule has 0 radical (unpaired) electrons. The SMILES string of the molecule is O=[N+]([O-])c1ccn(CC2CNC2)c1. The molecule has 5 heteroatoms. The minimum Gasteiger partial charge on any atom is -0.348 e. The summed E-state index contributed by atoms with van der Waals surface area (Å²) in [6.45, 7) is 2.92. The van der Waals surface area contributed by atoms with Crippen molar-refractivity contribution in [3.8, 4) is 0 Å². The topological polar surface area (TPSA) is 60.1 Å². The van der Waals surface area contributed by atoms with Crippen molar-refractivity contribution < 1.29 is 4.92 Å². The number of hydrogen-bond acceptors (Lipinski definition) is 3. The van der Waals surface area contributed by atoms with Crippen LogP contribution in [0.2, 0.25) is 0 Å². The van der Waals surface area contributed by atoms with Crippen LogP contribution in [0.25, 0.3) is 0 Å². The summed E-state index contributed by atoms with van der Waals surface area (Å²) in [7, 11) is 0. The van der Waals surface area contributed by atoms with Crippen molar-refractivity contribution in [2.75, 3.05) is 13.1 Å². The third-order valence-electron chi connectivity index (χ3n) is 2.28. The number of nitro groups is 1. The molecule has 70 valence electrons. The van der Waals surface area contributed by atoms with Gasteiger partial charge in [-0.2, -0.15) is 0 Å². The van der Waals surface area contributed by atoms with Crippen LogP contribution < -0.4 is 5.32 Å². The lowest BCUT2D eigenvalue weighted by Gasteiger charge is -2.27. The molecule has 2 heterocycles. The molecular weight excluding hydrogens is 170 g/mol. The van der Waals surface area contributed by atoms with Crippen LogP contribution >= 0.6 is 0 Å². The van der Waals surface area contributed by atoms with Crippen molar-refractivity contribution >= 4 is 5.69 Å². The van der Waals surface area contributed by atoms with E-state index in [0.717, 1.165) is 19.6 Å². The van der Waals surface area contributed by atoms with Crippen molar-refractivity contribution in [3.63, 3.8) is 0 Å². The quantitative estimate of drug-likeness (QED) is 0.549. The van der Waals surface area contributed by atoms with Gasteiger partial charge < -0.3 is 9.88 Å². The van der Waals surface area contributed by atoms with Gasteiger partial charge in [0.25, 0.3) is 5.69 Å². The van der Waals surface area contributed by atoms with Crippen LogP contribution in [0.4, 0.5) is 5.69 Å². The van der Waals surface area contributed by atoms with Gasteiger partial charge in [-0.25, -0.2) is 0 Å². The molecule has 13 heavy (non-hydrogen) atoms. The second kappa shape index (κ2) is 3.18. The third-order valence-corrected chi connectivity index (χ3v) is 2.28. The van der Waals surface area contributed by atoms with E-state index in [0.29, 0.717) is 5.92 Å². The summed E-state index contributed by atoms with van der Waals surface area (Å²) < 4.78 is 1.88. The maximum Gasteiger partial charge on any atom is 0.286 e. The Bertz CT molecular complexity index is 317. The van der Waals surface area contributed by atoms with Crippen molar-refractivity contribution in [3.05, 3.63) is 28.6 Å². The second-order valence-electron chi connectivity index (χ2n) is 3.35. The smallest absolute Gasteiger partial charge is 0.286 e. The molecule has 0 amide bonds. The van der Waals surface area contributed by atoms with Crippen LogP contribution in [-0.4, -0.2) is 22.6 Å². The summed E-state index contributed by atoms with van der Waals surface area (Å²) in [5.74, 6) is 0.631. The molecular formula is C8H11N3O2. The van der Waals surface area contributed by atoms with E-state index < -0.39 is 0 Å². The Kier molecular flexibility index (Phi) is 2.02. The minimum atomic E-state index is -0.366. The summed E-state index contributed by atoms with van der Waals surface area (Å²) >= 11 is 0. The standard InChI is InChI=1S/C8H11N3O2/c12-11(13)8-1-2-10(6-8)5-7-3-9-4-7/h1-2,6-7,9H,3-5H2. The fraction of sp³-hybridized carbons (Fsp3) is 0.500. The molecule has 1 fully saturated rings. The summed E-state index contributed by atoms with van der Waals surface area (Å²) in [5.41, 5.74) is 0.173. The highest BCUT2D eigenvalue weighted by Gasteiger charge is 2.17. The Hall–Kier alpha value is -1.36. The van der Waals surface area contributed by atoms with E-state index >= 15 is 0 Å². The average Bonchev–Trinajstić information content (AvgIpc) is 2.44. The molecule has 1 aromatic heterocycles. The molecule has 1 saturated heterocycles. The van der Waals surface area contributed by atoms with E-state index in [-0.39, 0.29) is 10.6 Å². The first-order valence-electron chi connectivity index (χ1n) is 4.26. The fourth-order valence-corrected chi connectivity index (χ4v) is 1.43. The van der Waals surface area contributed by atoms with E-state index in [1.54, 1.807) is 12.4 Å². The molecule has 5 nitrogen and oxygen atoms in total. The van der Waals surface area contributed by atoms with Crippen molar-refractivity contribution in [2.45, 2.75) is 6.54 Å². The summed E-state index contributed by atoms with van der Waals surface area (Å²) in [6.07, 6.45) is 3.34. The van der Waals surface area contributed by atoms with Crippen LogP contribution in [0.1, 0.15) is 0 Å². The Morgan fingerprint density at radius 1 is 1.69 bits per heavy atom. The largest absolute Gasteiger partial charge is 0.348 e. The first-order chi connectivity index (χ1) is 6.25. The molecule has 1 aliphatic rings. The van der Waals surface area contributed by atoms with E-state index in [1.165, 1.54) is 6.07 Å². The first kappa shape index (κ1) is 8.25. The highest BCUT2D eigenvalue weighted by Crippen LogP contribution is 2.13. The van der Waals surface area contributed by atoms with Crippen LogP contribution in [0.15, 0.2) is 18.5 Å². The Morgan fingerprint density at radius 3 is 2.92 bits per heavy atom. The lowest BCUT2D eigenvalue weighted by molar-refractivity contribution is -0.384. The maximum absolute atomic E-state index is 10.4. The van der Waals surface area contributed by atoms with Gasteiger partial charge in [-0.3, -0.25) is 10.1 Å². The molecule has 0 aliphatic carbocycles. The number of rotatable bonds is 3. The molecule has 1 aliphatic heterocycles. The highest BCUT2D eigenvalue weighted by molar-refractivity contribution is 5.25. The molecule has 0 aromatic carbocycles. The summed E-state index contributed by atoms with van der Waals surface area (Å²) in [6, 6.07) is 1.53. The minimum absolute atomic E-state index is 0.173. The lowest BCUT2D eigenvalue weighted by atomic mass is 10.0. The number of hydrogen-bond donors (Lipinski definition) is 1. The number of nitrogens with zero attached hydrogens (tertiary/aromatic N) is 2. The highest BCUT2D eigenvalue weighted by atomic mass is 16.6.